The molecular weight excluding hydrogens is 336 g/mol. The summed E-state index contributed by atoms with van der Waals surface area (Å²) in [5, 5.41) is 0. The molecule has 0 spiro atoms. The second-order valence-corrected chi connectivity index (χ2v) is 7.33. The van der Waals surface area contributed by atoms with Gasteiger partial charge in [-0.1, -0.05) is 12.8 Å². The average Bonchev–Trinajstić information content (AvgIpc) is 2.46. The zero-order valence-corrected chi connectivity index (χ0v) is 13.1. The Hall–Kier alpha value is -1.19. The van der Waals surface area contributed by atoms with Crippen LogP contribution >= 0.6 is 0 Å². The Labute approximate surface area is 132 Å². The second kappa shape index (κ2) is 6.74. The van der Waals surface area contributed by atoms with Crippen molar-refractivity contribution >= 4 is 10.0 Å². The summed E-state index contributed by atoms with van der Waals surface area (Å²) in [5.74, 6) is -1.26. The second-order valence-electron chi connectivity index (χ2n) is 5.65. The Morgan fingerprint density at radius 2 is 1.87 bits per heavy atom. The smallest absolute Gasteiger partial charge is 0.330 e. The highest BCUT2D eigenvalue weighted by Crippen LogP contribution is 2.35. The van der Waals surface area contributed by atoms with E-state index in [1.54, 1.807) is 0 Å². The first-order valence-corrected chi connectivity index (χ1v) is 8.72. The summed E-state index contributed by atoms with van der Waals surface area (Å²) < 4.78 is 79.2. The van der Waals surface area contributed by atoms with Gasteiger partial charge in [0.05, 0.1) is 10.5 Å². The highest BCUT2D eigenvalue weighted by atomic mass is 32.2. The van der Waals surface area contributed by atoms with Crippen LogP contribution in [-0.4, -0.2) is 21.0 Å². The van der Waals surface area contributed by atoms with Gasteiger partial charge in [0.25, 0.3) is 0 Å². The number of alkyl halides is 3. The van der Waals surface area contributed by atoms with E-state index in [2.05, 4.69) is 4.72 Å². The number of nitrogens with two attached hydrogens (primary N) is 1. The summed E-state index contributed by atoms with van der Waals surface area (Å²) in [6.07, 6.45) is -2.04. The molecule has 1 aromatic carbocycles. The van der Waals surface area contributed by atoms with Gasteiger partial charge in [0, 0.05) is 6.04 Å². The van der Waals surface area contributed by atoms with Crippen LogP contribution in [0.4, 0.5) is 17.6 Å². The van der Waals surface area contributed by atoms with Crippen LogP contribution in [0, 0.1) is 11.7 Å². The van der Waals surface area contributed by atoms with Crippen LogP contribution in [0.15, 0.2) is 23.1 Å². The van der Waals surface area contributed by atoms with Crippen molar-refractivity contribution in [3.8, 4) is 0 Å². The first-order valence-electron chi connectivity index (χ1n) is 7.24. The fourth-order valence-corrected chi connectivity index (χ4v) is 4.41. The quantitative estimate of drug-likeness (QED) is 0.817. The van der Waals surface area contributed by atoms with Crippen LogP contribution in [0.1, 0.15) is 31.2 Å². The molecule has 1 aliphatic rings. The van der Waals surface area contributed by atoms with Crippen molar-refractivity contribution in [2.45, 2.75) is 42.8 Å². The molecule has 2 rings (SSSR count). The molecule has 3 N–H and O–H groups in total. The van der Waals surface area contributed by atoms with Gasteiger partial charge in [-0.3, -0.25) is 0 Å². The lowest BCUT2D eigenvalue weighted by molar-refractivity contribution is -0.140. The minimum atomic E-state index is -4.97. The number of rotatable bonds is 4. The lowest BCUT2D eigenvalue weighted by Gasteiger charge is -2.31. The molecule has 1 aromatic rings. The van der Waals surface area contributed by atoms with Gasteiger partial charge in [-0.2, -0.15) is 13.2 Å². The molecule has 130 valence electrons. The molecule has 0 heterocycles. The monoisotopic (exact) mass is 354 g/mol. The first-order chi connectivity index (χ1) is 10.6. The number of sulfonamides is 1. The third-order valence-corrected chi connectivity index (χ3v) is 5.60. The zero-order chi connectivity index (χ0) is 17.3. The van der Waals surface area contributed by atoms with Crippen LogP contribution in [0.2, 0.25) is 0 Å². The molecule has 0 aliphatic heterocycles. The first kappa shape index (κ1) is 18.2. The Balaban J connectivity index is 2.36. The maximum absolute atomic E-state index is 13.1. The third kappa shape index (κ3) is 4.21. The molecule has 2 unspecified atom stereocenters. The Kier molecular flexibility index (Phi) is 5.32. The van der Waals surface area contributed by atoms with E-state index >= 15 is 0 Å². The van der Waals surface area contributed by atoms with Crippen LogP contribution < -0.4 is 10.5 Å². The molecule has 1 fully saturated rings. The predicted molar refractivity (Wildman–Crippen MR) is 76.5 cm³/mol. The Morgan fingerprint density at radius 1 is 1.22 bits per heavy atom. The molecule has 0 radical (unpaired) electrons. The molecule has 0 aromatic heterocycles. The normalized spacial score (nSPS) is 23.0. The van der Waals surface area contributed by atoms with E-state index in [4.69, 9.17) is 5.73 Å². The van der Waals surface area contributed by atoms with Crippen molar-refractivity contribution in [2.75, 3.05) is 6.54 Å². The third-order valence-electron chi connectivity index (χ3n) is 4.05. The van der Waals surface area contributed by atoms with Gasteiger partial charge in [0.1, 0.15) is 5.82 Å². The fraction of sp³-hybridized carbons (Fsp3) is 0.571. The number of hydrogen-bond donors (Lipinski definition) is 2. The molecule has 1 aliphatic carbocycles. The van der Waals surface area contributed by atoms with Crippen molar-refractivity contribution in [1.29, 1.82) is 0 Å². The minimum Gasteiger partial charge on any atom is -0.330 e. The SMILES string of the molecule is NCC1CCCCC1NS(=O)(=O)c1ccc(F)cc1C(F)(F)F. The van der Waals surface area contributed by atoms with Crippen LogP contribution in [0.5, 0.6) is 0 Å². The molecule has 23 heavy (non-hydrogen) atoms. The van der Waals surface area contributed by atoms with Crippen molar-refractivity contribution in [3.05, 3.63) is 29.6 Å². The standard InChI is InChI=1S/C14H18F4N2O2S/c15-10-5-6-13(11(7-10)14(16,17)18)23(21,22)20-12-4-2-1-3-9(12)8-19/h5-7,9,12,20H,1-4,8,19H2. The van der Waals surface area contributed by atoms with Gasteiger partial charge >= 0.3 is 6.18 Å². The number of nitrogens with one attached hydrogen (secondary N) is 1. The van der Waals surface area contributed by atoms with Crippen LogP contribution in [0.25, 0.3) is 0 Å². The van der Waals surface area contributed by atoms with Crippen LogP contribution in [-0.2, 0) is 16.2 Å². The van der Waals surface area contributed by atoms with Gasteiger partial charge in [0.15, 0.2) is 0 Å². The van der Waals surface area contributed by atoms with Crippen molar-refractivity contribution in [1.82, 2.24) is 4.72 Å². The molecule has 0 bridgehead atoms. The molecule has 0 saturated heterocycles. The lowest BCUT2D eigenvalue weighted by atomic mass is 9.85. The van der Waals surface area contributed by atoms with Crippen molar-refractivity contribution in [3.63, 3.8) is 0 Å². The summed E-state index contributed by atoms with van der Waals surface area (Å²) in [5.41, 5.74) is 4.10. The molecule has 1 saturated carbocycles. The van der Waals surface area contributed by atoms with Gasteiger partial charge in [-0.25, -0.2) is 17.5 Å². The summed E-state index contributed by atoms with van der Waals surface area (Å²) >= 11 is 0. The lowest BCUT2D eigenvalue weighted by Crippen LogP contribution is -2.45. The average molecular weight is 354 g/mol. The largest absolute Gasteiger partial charge is 0.417 e. The van der Waals surface area contributed by atoms with Crippen molar-refractivity contribution < 1.29 is 26.0 Å². The highest BCUT2D eigenvalue weighted by molar-refractivity contribution is 7.89. The van der Waals surface area contributed by atoms with Gasteiger partial charge in [-0.15, -0.1) is 0 Å². The maximum Gasteiger partial charge on any atom is 0.417 e. The van der Waals surface area contributed by atoms with E-state index in [0.29, 0.717) is 18.6 Å². The summed E-state index contributed by atoms with van der Waals surface area (Å²) in [6, 6.07) is 1.02. The van der Waals surface area contributed by atoms with E-state index in [0.717, 1.165) is 19.3 Å². The molecule has 0 amide bonds. The maximum atomic E-state index is 13.1. The van der Waals surface area contributed by atoms with Gasteiger partial charge in [0.2, 0.25) is 10.0 Å². The van der Waals surface area contributed by atoms with E-state index in [-0.39, 0.29) is 18.5 Å². The number of benzene rings is 1. The minimum absolute atomic E-state index is 0.117. The Bertz CT molecular complexity index is 661. The Morgan fingerprint density at radius 3 is 2.48 bits per heavy atom. The molecule has 9 heteroatoms. The van der Waals surface area contributed by atoms with Crippen molar-refractivity contribution in [2.24, 2.45) is 11.7 Å². The fourth-order valence-electron chi connectivity index (χ4n) is 2.87. The molecule has 4 nitrogen and oxygen atoms in total. The van der Waals surface area contributed by atoms with E-state index in [1.165, 1.54) is 0 Å². The topological polar surface area (TPSA) is 72.2 Å². The van der Waals surface area contributed by atoms with Gasteiger partial charge in [-0.05, 0) is 43.5 Å². The van der Waals surface area contributed by atoms with Gasteiger partial charge < -0.3 is 5.73 Å². The highest BCUT2D eigenvalue weighted by Gasteiger charge is 2.39. The molecule has 2 atom stereocenters. The summed E-state index contributed by atoms with van der Waals surface area (Å²) in [4.78, 5) is -0.965. The summed E-state index contributed by atoms with van der Waals surface area (Å²) in [6.45, 7) is 0.253. The van der Waals surface area contributed by atoms with Crippen LogP contribution in [0.3, 0.4) is 0 Å². The summed E-state index contributed by atoms with van der Waals surface area (Å²) in [7, 11) is -4.43. The zero-order valence-electron chi connectivity index (χ0n) is 12.2. The number of halogens is 4. The van der Waals surface area contributed by atoms with E-state index < -0.39 is 38.5 Å². The number of hydrogen-bond acceptors (Lipinski definition) is 3. The van der Waals surface area contributed by atoms with E-state index in [1.807, 2.05) is 0 Å². The molecular formula is C14H18F4N2O2S. The van der Waals surface area contributed by atoms with E-state index in [9.17, 15) is 26.0 Å². The predicted octanol–water partition coefficient (Wildman–Crippen LogP) is 2.64.